The van der Waals surface area contributed by atoms with E-state index in [9.17, 15) is 0 Å². The lowest BCUT2D eigenvalue weighted by Gasteiger charge is -2.20. The van der Waals surface area contributed by atoms with Crippen LogP contribution in [0.25, 0.3) is 0 Å². The molecule has 0 aromatic rings. The van der Waals surface area contributed by atoms with Crippen molar-refractivity contribution in [1.29, 1.82) is 0 Å². The van der Waals surface area contributed by atoms with E-state index in [1.807, 2.05) is 0 Å². The number of unbranched alkanes of at least 4 members (excludes halogenated alkanes) is 5. The van der Waals surface area contributed by atoms with E-state index in [4.69, 9.17) is 9.47 Å². The van der Waals surface area contributed by atoms with Crippen molar-refractivity contribution < 1.29 is 9.47 Å². The molecule has 0 unspecified atom stereocenters. The maximum Gasteiger partial charge on any atom is 0.159 e. The highest BCUT2D eigenvalue weighted by molar-refractivity contribution is 4.57. The first kappa shape index (κ1) is 14.9. The van der Waals surface area contributed by atoms with Crippen LogP contribution in [0.4, 0.5) is 0 Å². The molecule has 0 heterocycles. The van der Waals surface area contributed by atoms with Gasteiger partial charge in [-0.05, 0) is 6.42 Å². The van der Waals surface area contributed by atoms with E-state index in [1.54, 1.807) is 14.2 Å². The van der Waals surface area contributed by atoms with Gasteiger partial charge in [-0.1, -0.05) is 52.4 Å². The zero-order chi connectivity index (χ0) is 11.5. The predicted octanol–water partition coefficient (Wildman–Crippen LogP) is 3.99. The van der Waals surface area contributed by atoms with Crippen molar-refractivity contribution in [3.05, 3.63) is 0 Å². The monoisotopic (exact) mass is 216 g/mol. The van der Waals surface area contributed by atoms with Gasteiger partial charge in [-0.15, -0.1) is 0 Å². The average molecular weight is 216 g/mol. The normalized spacial score (nSPS) is 13.4. The molecule has 0 bridgehead atoms. The quantitative estimate of drug-likeness (QED) is 0.406. The van der Waals surface area contributed by atoms with Gasteiger partial charge in [0.1, 0.15) is 0 Å². The second-order valence-corrected chi connectivity index (χ2v) is 4.37. The highest BCUT2D eigenvalue weighted by Gasteiger charge is 2.14. The molecule has 1 atom stereocenters. The molecule has 2 nitrogen and oxygen atoms in total. The zero-order valence-electron chi connectivity index (χ0n) is 10.9. The van der Waals surface area contributed by atoms with Crippen LogP contribution in [0.5, 0.6) is 0 Å². The first-order chi connectivity index (χ1) is 7.26. The fourth-order valence-electron chi connectivity index (χ4n) is 1.94. The fourth-order valence-corrected chi connectivity index (χ4v) is 1.94. The van der Waals surface area contributed by atoms with Gasteiger partial charge < -0.3 is 9.47 Å². The topological polar surface area (TPSA) is 18.5 Å². The van der Waals surface area contributed by atoms with Crippen LogP contribution in [0.15, 0.2) is 0 Å². The van der Waals surface area contributed by atoms with Gasteiger partial charge in [0.25, 0.3) is 0 Å². The van der Waals surface area contributed by atoms with Crippen LogP contribution in [0.1, 0.15) is 58.8 Å². The molecular formula is C13H28O2. The van der Waals surface area contributed by atoms with Gasteiger partial charge in [0.2, 0.25) is 0 Å². The Kier molecular flexibility index (Phi) is 10.4. The van der Waals surface area contributed by atoms with E-state index in [-0.39, 0.29) is 6.29 Å². The van der Waals surface area contributed by atoms with Crippen LogP contribution < -0.4 is 0 Å². The molecule has 0 aliphatic rings. The number of hydrogen-bond acceptors (Lipinski definition) is 2. The van der Waals surface area contributed by atoms with E-state index in [2.05, 4.69) is 13.8 Å². The maximum atomic E-state index is 5.23. The first-order valence-electron chi connectivity index (χ1n) is 6.31. The van der Waals surface area contributed by atoms with Crippen molar-refractivity contribution >= 4 is 0 Å². The van der Waals surface area contributed by atoms with Crippen LogP contribution in [0.3, 0.4) is 0 Å². The lowest BCUT2D eigenvalue weighted by molar-refractivity contribution is -0.134. The highest BCUT2D eigenvalue weighted by Crippen LogP contribution is 2.16. The molecule has 92 valence electrons. The molecule has 2 heteroatoms. The molecule has 0 aliphatic carbocycles. The molecule has 0 saturated carbocycles. The molecule has 0 aromatic heterocycles. The minimum Gasteiger partial charge on any atom is -0.356 e. The lowest BCUT2D eigenvalue weighted by Crippen LogP contribution is -2.22. The zero-order valence-corrected chi connectivity index (χ0v) is 10.9. The predicted molar refractivity (Wildman–Crippen MR) is 65.0 cm³/mol. The smallest absolute Gasteiger partial charge is 0.159 e. The van der Waals surface area contributed by atoms with E-state index in [1.165, 1.54) is 44.9 Å². The second-order valence-electron chi connectivity index (χ2n) is 4.37. The van der Waals surface area contributed by atoms with Crippen LogP contribution in [-0.2, 0) is 9.47 Å². The van der Waals surface area contributed by atoms with Crippen LogP contribution in [0.2, 0.25) is 0 Å². The standard InChI is InChI=1S/C13H28O2/c1-5-6-7-8-9-10-11-12(2)13(14-3)15-4/h12-13H,5-11H2,1-4H3/t12-/m1/s1. The first-order valence-corrected chi connectivity index (χ1v) is 6.31. The third kappa shape index (κ3) is 7.80. The third-order valence-corrected chi connectivity index (χ3v) is 2.94. The van der Waals surface area contributed by atoms with E-state index >= 15 is 0 Å². The van der Waals surface area contributed by atoms with Gasteiger partial charge in [0.05, 0.1) is 0 Å². The van der Waals surface area contributed by atoms with Crippen molar-refractivity contribution in [2.75, 3.05) is 14.2 Å². The van der Waals surface area contributed by atoms with Crippen molar-refractivity contribution in [3.8, 4) is 0 Å². The van der Waals surface area contributed by atoms with Crippen LogP contribution in [-0.4, -0.2) is 20.5 Å². The van der Waals surface area contributed by atoms with Crippen molar-refractivity contribution in [2.24, 2.45) is 5.92 Å². The van der Waals surface area contributed by atoms with Gasteiger partial charge in [0.15, 0.2) is 6.29 Å². The summed E-state index contributed by atoms with van der Waals surface area (Å²) in [6, 6.07) is 0. The lowest BCUT2D eigenvalue weighted by atomic mass is 10.0. The molecule has 0 saturated heterocycles. The summed E-state index contributed by atoms with van der Waals surface area (Å²) >= 11 is 0. The minimum absolute atomic E-state index is 0.0272. The Morgan fingerprint density at radius 3 is 1.93 bits per heavy atom. The van der Waals surface area contributed by atoms with Crippen molar-refractivity contribution in [2.45, 2.75) is 65.1 Å². The molecular weight excluding hydrogens is 188 g/mol. The summed E-state index contributed by atoms with van der Waals surface area (Å²) in [7, 11) is 3.43. The summed E-state index contributed by atoms with van der Waals surface area (Å²) in [6.45, 7) is 4.45. The number of rotatable bonds is 10. The molecule has 0 N–H and O–H groups in total. The van der Waals surface area contributed by atoms with E-state index < -0.39 is 0 Å². The van der Waals surface area contributed by atoms with Crippen molar-refractivity contribution in [3.63, 3.8) is 0 Å². The SMILES string of the molecule is CCCCCCCC[C@@H](C)C(OC)OC. The van der Waals surface area contributed by atoms with Crippen LogP contribution >= 0.6 is 0 Å². The van der Waals surface area contributed by atoms with Gasteiger partial charge in [-0.3, -0.25) is 0 Å². The van der Waals surface area contributed by atoms with E-state index in [0.29, 0.717) is 5.92 Å². The molecule has 0 aliphatic heterocycles. The molecule has 0 radical (unpaired) electrons. The molecule has 0 aromatic carbocycles. The van der Waals surface area contributed by atoms with Gasteiger partial charge in [-0.25, -0.2) is 0 Å². The fraction of sp³-hybridized carbons (Fsp3) is 1.00. The molecule has 0 fully saturated rings. The average Bonchev–Trinajstić information content (AvgIpc) is 2.25. The van der Waals surface area contributed by atoms with Gasteiger partial charge >= 0.3 is 0 Å². The third-order valence-electron chi connectivity index (χ3n) is 2.94. The minimum atomic E-state index is -0.0272. The highest BCUT2D eigenvalue weighted by atomic mass is 16.7. The Morgan fingerprint density at radius 2 is 1.40 bits per heavy atom. The summed E-state index contributed by atoms with van der Waals surface area (Å²) in [4.78, 5) is 0. The van der Waals surface area contributed by atoms with Crippen LogP contribution in [0, 0.1) is 5.92 Å². The summed E-state index contributed by atoms with van der Waals surface area (Å²) in [5.41, 5.74) is 0. The summed E-state index contributed by atoms with van der Waals surface area (Å²) < 4.78 is 10.5. The van der Waals surface area contributed by atoms with Gasteiger partial charge in [0, 0.05) is 20.1 Å². The molecule has 15 heavy (non-hydrogen) atoms. The largest absolute Gasteiger partial charge is 0.356 e. The Hall–Kier alpha value is -0.0800. The molecule has 0 spiro atoms. The Balaban J connectivity index is 3.33. The number of ether oxygens (including phenoxy) is 2. The summed E-state index contributed by atoms with van der Waals surface area (Å²) in [5, 5.41) is 0. The molecule has 0 amide bonds. The Bertz CT molecular complexity index is 122. The number of hydrogen-bond donors (Lipinski definition) is 0. The molecule has 0 rings (SSSR count). The van der Waals surface area contributed by atoms with E-state index in [0.717, 1.165) is 0 Å². The summed E-state index contributed by atoms with van der Waals surface area (Å²) in [6.07, 6.45) is 9.31. The van der Waals surface area contributed by atoms with Gasteiger partial charge in [-0.2, -0.15) is 0 Å². The summed E-state index contributed by atoms with van der Waals surface area (Å²) in [5.74, 6) is 0.506. The number of methoxy groups -OCH3 is 2. The van der Waals surface area contributed by atoms with Crippen molar-refractivity contribution in [1.82, 2.24) is 0 Å². The Morgan fingerprint density at radius 1 is 0.867 bits per heavy atom. The Labute approximate surface area is 95.3 Å². The maximum absolute atomic E-state index is 5.23. The second kappa shape index (κ2) is 10.4.